The number of guanidine groups is 1. The number of carbonyl (C=O) groups is 1. The van der Waals surface area contributed by atoms with Crippen LogP contribution in [0.1, 0.15) is 89.1 Å². The third-order valence-corrected chi connectivity index (χ3v) is 8.59. The Balaban J connectivity index is 0. The van der Waals surface area contributed by atoms with Crippen molar-refractivity contribution >= 4 is 45.9 Å². The average Bonchev–Trinajstić information content (AvgIpc) is 3.22. The van der Waals surface area contributed by atoms with E-state index in [2.05, 4.69) is 79.0 Å². The van der Waals surface area contributed by atoms with Crippen molar-refractivity contribution in [3.05, 3.63) is 85.7 Å². The maximum absolute atomic E-state index is 12.8. The smallest absolute Gasteiger partial charge is 0.222 e. The van der Waals surface area contributed by atoms with E-state index in [1.807, 2.05) is 52.3 Å². The van der Waals surface area contributed by atoms with Crippen LogP contribution in [-0.2, 0) is 6.54 Å². The highest BCUT2D eigenvalue weighted by atomic mass is 16.1. The van der Waals surface area contributed by atoms with E-state index in [0.717, 1.165) is 44.9 Å². The van der Waals surface area contributed by atoms with Crippen LogP contribution in [0.4, 0.5) is 5.95 Å². The van der Waals surface area contributed by atoms with E-state index < -0.39 is 0 Å². The van der Waals surface area contributed by atoms with Gasteiger partial charge in [0.05, 0.1) is 18.8 Å². The number of fused-ring (bicyclic) bond motifs is 4. The quantitative estimate of drug-likeness (QED) is 0.133. The molecule has 3 aromatic rings. The maximum atomic E-state index is 12.8. The summed E-state index contributed by atoms with van der Waals surface area (Å²) in [4.78, 5) is 36.4. The van der Waals surface area contributed by atoms with Crippen LogP contribution in [0.3, 0.4) is 0 Å². The molecule has 0 aliphatic carbocycles. The number of aromatic nitrogens is 2. The van der Waals surface area contributed by atoms with Crippen LogP contribution < -0.4 is 16.8 Å². The Morgan fingerprint density at radius 1 is 0.820 bits per heavy atom. The van der Waals surface area contributed by atoms with Crippen molar-refractivity contribution in [2.75, 3.05) is 40.1 Å². The molecule has 0 saturated heterocycles. The molecule has 10 nitrogen and oxygen atoms in total. The third kappa shape index (κ3) is 10.4. The Bertz CT molecular complexity index is 1790. The fourth-order valence-corrected chi connectivity index (χ4v) is 5.41. The Hall–Kier alpha value is -4.73. The number of ketones is 1. The maximum Gasteiger partial charge on any atom is 0.222 e. The van der Waals surface area contributed by atoms with Gasteiger partial charge in [0.1, 0.15) is 0 Å². The Labute approximate surface area is 305 Å². The van der Waals surface area contributed by atoms with Gasteiger partial charge in [-0.15, -0.1) is 0 Å². The number of anilines is 1. The second-order valence-corrected chi connectivity index (χ2v) is 11.9. The van der Waals surface area contributed by atoms with Crippen LogP contribution in [0.5, 0.6) is 0 Å². The first kappa shape index (κ1) is 47.4. The first-order valence-electron chi connectivity index (χ1n) is 15.3. The van der Waals surface area contributed by atoms with E-state index in [1.54, 1.807) is 0 Å². The largest absolute Gasteiger partial charge is 0.383 e. The molecule has 5 rings (SSSR count). The second-order valence-electron chi connectivity index (χ2n) is 11.9. The first-order chi connectivity index (χ1) is 21.6. The molecule has 0 fully saturated rings. The third-order valence-electron chi connectivity index (χ3n) is 8.59. The van der Waals surface area contributed by atoms with Gasteiger partial charge < -0.3 is 21.7 Å². The Morgan fingerprint density at radius 3 is 1.74 bits per heavy atom. The summed E-state index contributed by atoms with van der Waals surface area (Å²) in [5, 5.41) is 3.03. The predicted octanol–water partition coefficient (Wildman–Crippen LogP) is 5.90. The number of nitrogens with one attached hydrogen (secondary N) is 1. The van der Waals surface area contributed by atoms with Crippen molar-refractivity contribution in [3.8, 4) is 11.3 Å². The lowest BCUT2D eigenvalue weighted by Gasteiger charge is -2.17. The van der Waals surface area contributed by atoms with Gasteiger partial charge in [-0.2, -0.15) is 0 Å². The summed E-state index contributed by atoms with van der Waals surface area (Å²) < 4.78 is 0. The molecule has 6 radical (unpaired) electrons. The molecule has 2 aliphatic heterocycles. The SMILES string of the molecule is C.C.CC1=NC/C(=C\N(C)C)C(=O)c2c1cc(C)c(C)c2C.CN=C(N)N.CNc1ncc2c(n1)-c1c(cc(C)c(C)c1C)C(C)=NC2.[B].[B]. The van der Waals surface area contributed by atoms with Crippen molar-refractivity contribution in [2.45, 2.75) is 76.8 Å². The number of aliphatic imine (C=N–C) groups is 3. The fourth-order valence-electron chi connectivity index (χ4n) is 5.41. The molecule has 0 spiro atoms. The van der Waals surface area contributed by atoms with E-state index in [1.165, 1.54) is 46.0 Å². The van der Waals surface area contributed by atoms with Gasteiger partial charge in [-0.3, -0.25) is 19.8 Å². The van der Waals surface area contributed by atoms with Gasteiger partial charge in [-0.05, 0) is 101 Å². The van der Waals surface area contributed by atoms with Crippen molar-refractivity contribution in [2.24, 2.45) is 26.4 Å². The van der Waals surface area contributed by atoms with Crippen molar-refractivity contribution in [3.63, 3.8) is 0 Å². The minimum atomic E-state index is 0. The zero-order valence-corrected chi connectivity index (χ0v) is 30.6. The minimum Gasteiger partial charge on any atom is -0.383 e. The summed E-state index contributed by atoms with van der Waals surface area (Å²) >= 11 is 0. The van der Waals surface area contributed by atoms with Crippen molar-refractivity contribution < 1.29 is 4.79 Å². The molecule has 0 saturated carbocycles. The molecule has 266 valence electrons. The molecule has 50 heavy (non-hydrogen) atoms. The van der Waals surface area contributed by atoms with Crippen molar-refractivity contribution in [1.82, 2.24) is 14.9 Å². The molecule has 0 unspecified atom stereocenters. The van der Waals surface area contributed by atoms with Gasteiger partial charge in [-0.1, -0.05) is 14.9 Å². The highest BCUT2D eigenvalue weighted by molar-refractivity contribution is 6.19. The first-order valence-corrected chi connectivity index (χ1v) is 15.3. The van der Waals surface area contributed by atoms with Gasteiger partial charge in [0.25, 0.3) is 0 Å². The number of Topliss-reactive ketones (excluding diaryl/α,β-unsaturated/α-hetero) is 1. The number of benzene rings is 2. The molecule has 3 heterocycles. The van der Waals surface area contributed by atoms with E-state index in [4.69, 9.17) is 16.5 Å². The molecular weight excluding hydrogens is 620 g/mol. The molecule has 5 N–H and O–H groups in total. The number of nitrogens with two attached hydrogens (primary N) is 2. The van der Waals surface area contributed by atoms with Gasteiger partial charge in [0.2, 0.25) is 5.95 Å². The summed E-state index contributed by atoms with van der Waals surface area (Å²) in [5.74, 6) is 0.886. The lowest BCUT2D eigenvalue weighted by molar-refractivity contribution is 0.103. The van der Waals surface area contributed by atoms with E-state index in [-0.39, 0.29) is 43.4 Å². The van der Waals surface area contributed by atoms with E-state index in [0.29, 0.717) is 19.0 Å². The zero-order valence-electron chi connectivity index (χ0n) is 30.6. The number of aryl methyl sites for hydroxylation is 2. The van der Waals surface area contributed by atoms with Crippen LogP contribution in [-0.4, -0.2) is 89.6 Å². The predicted molar refractivity (Wildman–Crippen MR) is 218 cm³/mol. The number of rotatable bonds is 2. The molecule has 0 amide bonds. The lowest BCUT2D eigenvalue weighted by Crippen LogP contribution is -2.21. The molecule has 2 aromatic carbocycles. The lowest BCUT2D eigenvalue weighted by atomic mass is 9.88. The summed E-state index contributed by atoms with van der Waals surface area (Å²) in [6, 6.07) is 4.32. The van der Waals surface area contributed by atoms with Crippen LogP contribution in [0.2, 0.25) is 0 Å². The highest BCUT2D eigenvalue weighted by Crippen LogP contribution is 2.35. The van der Waals surface area contributed by atoms with Gasteiger partial charge >= 0.3 is 0 Å². The monoisotopic (exact) mass is 677 g/mol. The number of hydrogen-bond acceptors (Lipinski definition) is 8. The van der Waals surface area contributed by atoms with Crippen LogP contribution in [0.25, 0.3) is 11.3 Å². The number of carbonyl (C=O) groups excluding carboxylic acids is 1. The van der Waals surface area contributed by atoms with Gasteiger partial charge in [0, 0.05) is 102 Å². The molecule has 2 aliphatic rings. The minimum absolute atomic E-state index is 0. The molecule has 12 heteroatoms. The zero-order chi connectivity index (χ0) is 34.5. The van der Waals surface area contributed by atoms with E-state index in [9.17, 15) is 4.79 Å². The normalized spacial score (nSPS) is 12.9. The van der Waals surface area contributed by atoms with Gasteiger partial charge in [0.15, 0.2) is 11.7 Å². The average molecular weight is 678 g/mol. The molecule has 0 atom stereocenters. The van der Waals surface area contributed by atoms with Crippen LogP contribution in [0.15, 0.2) is 45.1 Å². The van der Waals surface area contributed by atoms with Gasteiger partial charge in [-0.25, -0.2) is 9.97 Å². The van der Waals surface area contributed by atoms with Crippen LogP contribution >= 0.6 is 0 Å². The number of hydrogen-bond donors (Lipinski definition) is 3. The highest BCUT2D eigenvalue weighted by Gasteiger charge is 2.25. The Kier molecular flexibility index (Phi) is 19.0. The second kappa shape index (κ2) is 20.1. The summed E-state index contributed by atoms with van der Waals surface area (Å²) in [7, 11) is 7.23. The van der Waals surface area contributed by atoms with Crippen molar-refractivity contribution in [1.29, 1.82) is 0 Å². The Morgan fingerprint density at radius 2 is 1.28 bits per heavy atom. The summed E-state index contributed by atoms with van der Waals surface area (Å²) in [6.07, 6.45) is 3.76. The summed E-state index contributed by atoms with van der Waals surface area (Å²) in [5.41, 5.74) is 26.1. The fraction of sp³-hybridized carbons (Fsp3) is 0.421. The van der Waals surface area contributed by atoms with E-state index >= 15 is 0 Å². The molecule has 0 bridgehead atoms. The van der Waals surface area contributed by atoms with Crippen LogP contribution in [0, 0.1) is 41.5 Å². The summed E-state index contributed by atoms with van der Waals surface area (Å²) in [6.45, 7) is 17.8. The standard InChI is InChI=1S/C17H20N4.C17H22N2O.C2H7N3.2CH4.2B/c1-9-6-14-12(4)19-7-13-8-20-17(18-5)21-16(13)15(14)11(3)10(9)2;1-10-7-15-13(4)18-8-14(9-19(5)6)17(20)16(15)12(3)11(10)2;1-5-2(3)4;;;;/h6,8H,7H2,1-5H3,(H,18,20,21);7,9H,8H2,1-6H3;1H3,(H4,3,4,5);2*1H4;;/b;14-9+;;;;;. The molecule has 1 aromatic heterocycles. The molecular formula is C38H57B2N9O. The number of nitrogens with zero attached hydrogens (tertiary/aromatic N) is 6. The topological polar surface area (TPSA) is 147 Å².